The van der Waals surface area contributed by atoms with E-state index < -0.39 is 0 Å². The molecule has 1 N–H and O–H groups in total. The van der Waals surface area contributed by atoms with Gasteiger partial charge in [0.05, 0.1) is 12.7 Å². The standard InChI is InChI=1S/C11H15NO2.ClH/c1-12-8-7-9-3-5-10(6-4-9)11(13)14-2;/h3-6,12H,7-8H2,1-2H3;1H. The molecule has 0 bridgehead atoms. The predicted octanol–water partition coefficient (Wildman–Crippen LogP) is 1.66. The van der Waals surface area contributed by atoms with Gasteiger partial charge in [0.1, 0.15) is 0 Å². The Morgan fingerprint density at radius 3 is 2.40 bits per heavy atom. The molecule has 0 amide bonds. The summed E-state index contributed by atoms with van der Waals surface area (Å²) in [5.74, 6) is -0.287. The van der Waals surface area contributed by atoms with Crippen molar-refractivity contribution in [3.8, 4) is 0 Å². The van der Waals surface area contributed by atoms with Crippen molar-refractivity contribution in [1.82, 2.24) is 5.32 Å². The van der Waals surface area contributed by atoms with Gasteiger partial charge in [-0.3, -0.25) is 0 Å². The molecule has 0 radical (unpaired) electrons. The van der Waals surface area contributed by atoms with Crippen LogP contribution in [0.3, 0.4) is 0 Å². The van der Waals surface area contributed by atoms with E-state index in [1.54, 1.807) is 12.1 Å². The van der Waals surface area contributed by atoms with Gasteiger partial charge in [-0.2, -0.15) is 0 Å². The molecule has 0 unspecified atom stereocenters. The summed E-state index contributed by atoms with van der Waals surface area (Å²) in [4.78, 5) is 11.1. The van der Waals surface area contributed by atoms with E-state index in [1.807, 2.05) is 19.2 Å². The lowest BCUT2D eigenvalue weighted by molar-refractivity contribution is 0.0600. The van der Waals surface area contributed by atoms with Crippen LogP contribution >= 0.6 is 12.4 Å². The molecule has 1 aromatic carbocycles. The number of likely N-dealkylation sites (N-methyl/N-ethyl adjacent to an activating group) is 1. The quantitative estimate of drug-likeness (QED) is 0.799. The highest BCUT2D eigenvalue weighted by Crippen LogP contribution is 2.05. The van der Waals surface area contributed by atoms with Gasteiger partial charge in [0, 0.05) is 0 Å². The first-order valence-corrected chi connectivity index (χ1v) is 4.59. The molecule has 0 fully saturated rings. The second kappa shape index (κ2) is 7.26. The summed E-state index contributed by atoms with van der Waals surface area (Å²) in [5, 5.41) is 3.07. The Morgan fingerprint density at radius 1 is 1.33 bits per heavy atom. The molecule has 0 spiro atoms. The third-order valence-electron chi connectivity index (χ3n) is 2.04. The van der Waals surface area contributed by atoms with E-state index in [-0.39, 0.29) is 18.4 Å². The number of carbonyl (C=O) groups is 1. The Bertz CT molecular complexity index is 298. The van der Waals surface area contributed by atoms with Crippen molar-refractivity contribution >= 4 is 18.4 Å². The Labute approximate surface area is 96.2 Å². The summed E-state index contributed by atoms with van der Waals surface area (Å²) < 4.78 is 4.61. The number of halogens is 1. The molecule has 84 valence electrons. The lowest BCUT2D eigenvalue weighted by Gasteiger charge is -2.02. The fraction of sp³-hybridized carbons (Fsp3) is 0.364. The monoisotopic (exact) mass is 229 g/mol. The molecule has 3 nitrogen and oxygen atoms in total. The van der Waals surface area contributed by atoms with Crippen LogP contribution in [0, 0.1) is 0 Å². The number of esters is 1. The minimum Gasteiger partial charge on any atom is -0.465 e. The van der Waals surface area contributed by atoms with Crippen LogP contribution in [0.4, 0.5) is 0 Å². The summed E-state index contributed by atoms with van der Waals surface area (Å²) in [6.07, 6.45) is 0.970. The number of ether oxygens (including phenoxy) is 1. The van der Waals surface area contributed by atoms with E-state index in [4.69, 9.17) is 0 Å². The number of carbonyl (C=O) groups excluding carboxylic acids is 1. The lowest BCUT2D eigenvalue weighted by Crippen LogP contribution is -2.10. The molecule has 0 aliphatic heterocycles. The van der Waals surface area contributed by atoms with Gasteiger partial charge in [0.25, 0.3) is 0 Å². The van der Waals surface area contributed by atoms with Crippen molar-refractivity contribution in [3.63, 3.8) is 0 Å². The molecule has 0 atom stereocenters. The fourth-order valence-electron chi connectivity index (χ4n) is 1.19. The largest absolute Gasteiger partial charge is 0.465 e. The van der Waals surface area contributed by atoms with Gasteiger partial charge in [0.2, 0.25) is 0 Å². The summed E-state index contributed by atoms with van der Waals surface area (Å²) in [6, 6.07) is 7.47. The number of rotatable bonds is 4. The molecular weight excluding hydrogens is 214 g/mol. The maximum atomic E-state index is 11.1. The third-order valence-corrected chi connectivity index (χ3v) is 2.04. The average Bonchev–Trinajstić information content (AvgIpc) is 2.26. The molecule has 0 saturated heterocycles. The van der Waals surface area contributed by atoms with E-state index in [0.29, 0.717) is 5.56 Å². The zero-order valence-electron chi connectivity index (χ0n) is 8.95. The Hall–Kier alpha value is -1.06. The molecule has 0 heterocycles. The maximum Gasteiger partial charge on any atom is 0.337 e. The molecule has 15 heavy (non-hydrogen) atoms. The molecule has 1 aromatic rings. The second-order valence-corrected chi connectivity index (χ2v) is 3.04. The Kier molecular flexibility index (Phi) is 6.75. The molecule has 0 aliphatic rings. The van der Waals surface area contributed by atoms with Gasteiger partial charge >= 0.3 is 5.97 Å². The Morgan fingerprint density at radius 2 is 1.93 bits per heavy atom. The summed E-state index contributed by atoms with van der Waals surface area (Å²) >= 11 is 0. The summed E-state index contributed by atoms with van der Waals surface area (Å²) in [5.41, 5.74) is 1.81. The van der Waals surface area contributed by atoms with Gasteiger partial charge in [-0.15, -0.1) is 12.4 Å². The smallest absolute Gasteiger partial charge is 0.337 e. The van der Waals surface area contributed by atoms with Crippen molar-refractivity contribution in [3.05, 3.63) is 35.4 Å². The van der Waals surface area contributed by atoms with Gasteiger partial charge in [0.15, 0.2) is 0 Å². The number of hydrogen-bond acceptors (Lipinski definition) is 3. The normalized spacial score (nSPS) is 9.20. The number of benzene rings is 1. The van der Waals surface area contributed by atoms with Crippen molar-refractivity contribution in [2.45, 2.75) is 6.42 Å². The molecule has 0 aromatic heterocycles. The first-order chi connectivity index (χ1) is 6.77. The van der Waals surface area contributed by atoms with E-state index >= 15 is 0 Å². The Balaban J connectivity index is 0.00000196. The van der Waals surface area contributed by atoms with E-state index in [1.165, 1.54) is 12.7 Å². The van der Waals surface area contributed by atoms with Crippen LogP contribution in [0.2, 0.25) is 0 Å². The van der Waals surface area contributed by atoms with Crippen LogP contribution in [0.1, 0.15) is 15.9 Å². The van der Waals surface area contributed by atoms with E-state index in [9.17, 15) is 4.79 Å². The van der Waals surface area contributed by atoms with Crippen LogP contribution in [-0.2, 0) is 11.2 Å². The number of methoxy groups -OCH3 is 1. The first kappa shape index (κ1) is 13.9. The third kappa shape index (κ3) is 4.32. The predicted molar refractivity (Wildman–Crippen MR) is 62.7 cm³/mol. The fourth-order valence-corrected chi connectivity index (χ4v) is 1.19. The van der Waals surface area contributed by atoms with Crippen molar-refractivity contribution in [1.29, 1.82) is 0 Å². The molecule has 4 heteroatoms. The highest BCUT2D eigenvalue weighted by molar-refractivity contribution is 5.89. The molecule has 1 rings (SSSR count). The van der Waals surface area contributed by atoms with Crippen LogP contribution in [0.25, 0.3) is 0 Å². The lowest BCUT2D eigenvalue weighted by atomic mass is 10.1. The SMILES string of the molecule is CNCCc1ccc(C(=O)OC)cc1.Cl. The van der Waals surface area contributed by atoms with Gasteiger partial charge < -0.3 is 10.1 Å². The molecular formula is C11H16ClNO2. The number of hydrogen-bond donors (Lipinski definition) is 1. The summed E-state index contributed by atoms with van der Waals surface area (Å²) in [6.45, 7) is 0.942. The zero-order chi connectivity index (χ0) is 10.4. The van der Waals surface area contributed by atoms with E-state index in [2.05, 4.69) is 10.1 Å². The highest BCUT2D eigenvalue weighted by Gasteiger charge is 2.03. The zero-order valence-corrected chi connectivity index (χ0v) is 9.76. The number of nitrogens with one attached hydrogen (secondary N) is 1. The van der Waals surface area contributed by atoms with E-state index in [0.717, 1.165) is 13.0 Å². The highest BCUT2D eigenvalue weighted by atomic mass is 35.5. The van der Waals surface area contributed by atoms with Gasteiger partial charge in [-0.1, -0.05) is 12.1 Å². The van der Waals surface area contributed by atoms with Crippen LogP contribution in [-0.4, -0.2) is 26.7 Å². The second-order valence-electron chi connectivity index (χ2n) is 3.04. The van der Waals surface area contributed by atoms with Crippen molar-refractivity contribution in [2.24, 2.45) is 0 Å². The molecule has 0 aliphatic carbocycles. The van der Waals surface area contributed by atoms with Crippen molar-refractivity contribution in [2.75, 3.05) is 20.7 Å². The summed E-state index contributed by atoms with van der Waals surface area (Å²) in [7, 11) is 3.31. The maximum absolute atomic E-state index is 11.1. The first-order valence-electron chi connectivity index (χ1n) is 4.59. The topological polar surface area (TPSA) is 38.3 Å². The van der Waals surface area contributed by atoms with Crippen molar-refractivity contribution < 1.29 is 9.53 Å². The minimum absolute atomic E-state index is 0. The molecule has 0 saturated carbocycles. The van der Waals surface area contributed by atoms with Crippen LogP contribution in [0.5, 0.6) is 0 Å². The van der Waals surface area contributed by atoms with Crippen LogP contribution < -0.4 is 5.32 Å². The van der Waals surface area contributed by atoms with Gasteiger partial charge in [-0.05, 0) is 37.7 Å². The van der Waals surface area contributed by atoms with Gasteiger partial charge in [-0.25, -0.2) is 4.79 Å². The van der Waals surface area contributed by atoms with Crippen LogP contribution in [0.15, 0.2) is 24.3 Å². The average molecular weight is 230 g/mol. The minimum atomic E-state index is -0.287.